The van der Waals surface area contributed by atoms with Gasteiger partial charge in [0.15, 0.2) is 0 Å². The van der Waals surface area contributed by atoms with Gasteiger partial charge in [-0.05, 0) is 53.6 Å². The van der Waals surface area contributed by atoms with E-state index in [1.165, 1.54) is 0 Å². The van der Waals surface area contributed by atoms with Gasteiger partial charge in [0.05, 0.1) is 0 Å². The van der Waals surface area contributed by atoms with Crippen molar-refractivity contribution in [1.82, 2.24) is 10.6 Å². The van der Waals surface area contributed by atoms with Crippen LogP contribution in [0.15, 0.2) is 0 Å². The molecule has 6 N–H and O–H groups in total. The van der Waals surface area contributed by atoms with Gasteiger partial charge in [-0.2, -0.15) is 0 Å². The van der Waals surface area contributed by atoms with E-state index in [-0.39, 0.29) is 11.1 Å². The number of rotatable bonds is 9. The van der Waals surface area contributed by atoms with Crippen molar-refractivity contribution in [2.24, 2.45) is 11.5 Å². The normalized spacial score (nSPS) is 13.1. The van der Waals surface area contributed by atoms with E-state index in [1.54, 1.807) is 0 Å². The van der Waals surface area contributed by atoms with Gasteiger partial charge in [-0.1, -0.05) is 0 Å². The minimum absolute atomic E-state index is 0.138. The summed E-state index contributed by atoms with van der Waals surface area (Å²) in [4.78, 5) is 0. The molecule has 0 saturated carbocycles. The van der Waals surface area contributed by atoms with E-state index in [9.17, 15) is 0 Å². The van der Waals surface area contributed by atoms with Crippen molar-refractivity contribution in [1.29, 1.82) is 0 Å². The van der Waals surface area contributed by atoms with Crippen LogP contribution in [0.25, 0.3) is 0 Å². The molecule has 0 rings (SSSR count). The van der Waals surface area contributed by atoms with Crippen molar-refractivity contribution in [3.05, 3.63) is 0 Å². The Bertz CT molecular complexity index is 178. The van der Waals surface area contributed by atoms with Gasteiger partial charge in [0.25, 0.3) is 0 Å². The van der Waals surface area contributed by atoms with Gasteiger partial charge in [-0.15, -0.1) is 0 Å². The SMILES string of the molecule is CC(C)(CCN)NCCC(C)(C)NCCN. The Balaban J connectivity index is 3.78. The number of hydrogen-bond acceptors (Lipinski definition) is 4. The van der Waals surface area contributed by atoms with E-state index in [2.05, 4.69) is 38.3 Å². The molecule has 0 heterocycles. The van der Waals surface area contributed by atoms with E-state index >= 15 is 0 Å². The van der Waals surface area contributed by atoms with Crippen LogP contribution in [0, 0.1) is 0 Å². The lowest BCUT2D eigenvalue weighted by molar-refractivity contribution is 0.312. The molecule has 0 bridgehead atoms. The molecular weight excluding hydrogens is 200 g/mol. The molecule has 4 nitrogen and oxygen atoms in total. The van der Waals surface area contributed by atoms with Crippen molar-refractivity contribution in [2.75, 3.05) is 26.2 Å². The molecule has 0 aromatic carbocycles. The highest BCUT2D eigenvalue weighted by atomic mass is 15.0. The molecule has 16 heavy (non-hydrogen) atoms. The highest BCUT2D eigenvalue weighted by molar-refractivity contribution is 4.82. The van der Waals surface area contributed by atoms with Gasteiger partial charge < -0.3 is 22.1 Å². The fraction of sp³-hybridized carbons (Fsp3) is 1.00. The quantitative estimate of drug-likeness (QED) is 0.463. The Hall–Kier alpha value is -0.160. The molecule has 98 valence electrons. The number of nitrogens with two attached hydrogens (primary N) is 2. The molecule has 0 aromatic heterocycles. The predicted molar refractivity (Wildman–Crippen MR) is 71.5 cm³/mol. The predicted octanol–water partition coefficient (Wildman–Crippen LogP) is 0.420. The zero-order valence-electron chi connectivity index (χ0n) is 11.4. The average Bonchev–Trinajstić information content (AvgIpc) is 2.14. The van der Waals surface area contributed by atoms with Gasteiger partial charge >= 0.3 is 0 Å². The molecule has 0 unspecified atom stereocenters. The molecule has 4 heteroatoms. The summed E-state index contributed by atoms with van der Waals surface area (Å²) in [5.41, 5.74) is 11.3. The second kappa shape index (κ2) is 7.22. The van der Waals surface area contributed by atoms with Gasteiger partial charge in [0.2, 0.25) is 0 Å². The van der Waals surface area contributed by atoms with Gasteiger partial charge in [0.1, 0.15) is 0 Å². The third-order valence-electron chi connectivity index (χ3n) is 2.87. The maximum Gasteiger partial charge on any atom is 0.0137 e. The summed E-state index contributed by atoms with van der Waals surface area (Å²) in [5, 5.41) is 6.98. The lowest BCUT2D eigenvalue weighted by Gasteiger charge is -2.30. The topological polar surface area (TPSA) is 76.1 Å². The third kappa shape index (κ3) is 8.05. The number of hydrogen-bond donors (Lipinski definition) is 4. The summed E-state index contributed by atoms with van der Waals surface area (Å²) in [6, 6.07) is 0. The fourth-order valence-corrected chi connectivity index (χ4v) is 1.66. The molecule has 0 saturated heterocycles. The Labute approximate surface area is 101 Å². The Morgan fingerprint density at radius 3 is 1.75 bits per heavy atom. The first-order valence-electron chi connectivity index (χ1n) is 6.23. The summed E-state index contributed by atoms with van der Waals surface area (Å²) in [7, 11) is 0. The van der Waals surface area contributed by atoms with Crippen molar-refractivity contribution >= 4 is 0 Å². The number of nitrogens with one attached hydrogen (secondary N) is 2. The summed E-state index contributed by atoms with van der Waals surface area (Å²) >= 11 is 0. The average molecular weight is 230 g/mol. The summed E-state index contributed by atoms with van der Waals surface area (Å²) < 4.78 is 0. The lowest BCUT2D eigenvalue weighted by Crippen LogP contribution is -2.47. The summed E-state index contributed by atoms with van der Waals surface area (Å²) in [5.74, 6) is 0. The highest BCUT2D eigenvalue weighted by Crippen LogP contribution is 2.10. The fourth-order valence-electron chi connectivity index (χ4n) is 1.66. The Kier molecular flexibility index (Phi) is 7.15. The molecule has 0 amide bonds. The van der Waals surface area contributed by atoms with Gasteiger partial charge in [-0.3, -0.25) is 0 Å². The van der Waals surface area contributed by atoms with Gasteiger partial charge in [0, 0.05) is 24.2 Å². The van der Waals surface area contributed by atoms with Crippen LogP contribution >= 0.6 is 0 Å². The van der Waals surface area contributed by atoms with Crippen LogP contribution in [0.5, 0.6) is 0 Å². The van der Waals surface area contributed by atoms with E-state index in [1.807, 2.05) is 0 Å². The summed E-state index contributed by atoms with van der Waals surface area (Å²) in [6.07, 6.45) is 2.09. The molecule has 0 spiro atoms. The first-order chi connectivity index (χ1) is 7.33. The van der Waals surface area contributed by atoms with E-state index in [4.69, 9.17) is 11.5 Å². The van der Waals surface area contributed by atoms with Crippen LogP contribution in [0.4, 0.5) is 0 Å². The van der Waals surface area contributed by atoms with Crippen LogP contribution in [0.2, 0.25) is 0 Å². The zero-order chi connectivity index (χ0) is 12.7. The molecule has 0 aromatic rings. The smallest absolute Gasteiger partial charge is 0.0137 e. The van der Waals surface area contributed by atoms with Crippen molar-refractivity contribution in [3.63, 3.8) is 0 Å². The lowest BCUT2D eigenvalue weighted by atomic mass is 9.97. The third-order valence-corrected chi connectivity index (χ3v) is 2.87. The minimum atomic E-state index is 0.138. The van der Waals surface area contributed by atoms with Crippen LogP contribution in [0.1, 0.15) is 40.5 Å². The van der Waals surface area contributed by atoms with E-state index in [0.29, 0.717) is 6.54 Å². The molecule has 0 radical (unpaired) electrons. The van der Waals surface area contributed by atoms with E-state index < -0.39 is 0 Å². The van der Waals surface area contributed by atoms with Crippen molar-refractivity contribution < 1.29 is 0 Å². The molecular formula is C12H30N4. The molecule has 0 aliphatic heterocycles. The molecule has 0 aliphatic rings. The van der Waals surface area contributed by atoms with Crippen LogP contribution in [0.3, 0.4) is 0 Å². The first-order valence-corrected chi connectivity index (χ1v) is 6.23. The molecule has 0 fully saturated rings. The highest BCUT2D eigenvalue weighted by Gasteiger charge is 2.19. The van der Waals surface area contributed by atoms with Gasteiger partial charge in [-0.25, -0.2) is 0 Å². The second-order valence-corrected chi connectivity index (χ2v) is 5.70. The van der Waals surface area contributed by atoms with Crippen molar-refractivity contribution in [2.45, 2.75) is 51.6 Å². The Morgan fingerprint density at radius 1 is 0.750 bits per heavy atom. The van der Waals surface area contributed by atoms with E-state index in [0.717, 1.165) is 32.5 Å². The maximum absolute atomic E-state index is 5.57. The molecule has 0 atom stereocenters. The summed E-state index contributed by atoms with van der Waals surface area (Å²) in [6.45, 7) is 12.1. The second-order valence-electron chi connectivity index (χ2n) is 5.70. The monoisotopic (exact) mass is 230 g/mol. The van der Waals surface area contributed by atoms with Crippen LogP contribution < -0.4 is 22.1 Å². The first kappa shape index (κ1) is 15.8. The van der Waals surface area contributed by atoms with Crippen molar-refractivity contribution in [3.8, 4) is 0 Å². The Morgan fingerprint density at radius 2 is 1.25 bits per heavy atom. The largest absolute Gasteiger partial charge is 0.330 e. The van der Waals surface area contributed by atoms with Crippen LogP contribution in [-0.2, 0) is 0 Å². The standard InChI is InChI=1S/C12H30N4/c1-11(2,5-7-13)15-9-6-12(3,4)16-10-8-14/h15-16H,5-10,13-14H2,1-4H3. The zero-order valence-corrected chi connectivity index (χ0v) is 11.4. The maximum atomic E-state index is 5.57. The van der Waals surface area contributed by atoms with Crippen LogP contribution in [-0.4, -0.2) is 37.3 Å². The minimum Gasteiger partial charge on any atom is -0.330 e. The molecule has 0 aliphatic carbocycles.